The van der Waals surface area contributed by atoms with Crippen LogP contribution in [0.5, 0.6) is 5.75 Å². The van der Waals surface area contributed by atoms with Gasteiger partial charge in [0.2, 0.25) is 0 Å². The van der Waals surface area contributed by atoms with Crippen LogP contribution in [-0.4, -0.2) is 9.97 Å². The monoisotopic (exact) mass is 457 g/mol. The average Bonchev–Trinajstić information content (AvgIpc) is 3.24. The molecule has 3 aromatic carbocycles. The molecule has 0 bridgehead atoms. The summed E-state index contributed by atoms with van der Waals surface area (Å²) in [6, 6.07) is 22.2. The zero-order valence-electron chi connectivity index (χ0n) is 16.7. The summed E-state index contributed by atoms with van der Waals surface area (Å²) in [6.07, 6.45) is 1.92. The van der Waals surface area contributed by atoms with Crippen molar-refractivity contribution in [2.75, 3.05) is 0 Å². The van der Waals surface area contributed by atoms with Gasteiger partial charge in [0, 0.05) is 27.4 Å². The van der Waals surface area contributed by atoms with Gasteiger partial charge in [0.1, 0.15) is 18.2 Å². The Morgan fingerprint density at radius 2 is 1.77 bits per heavy atom. The summed E-state index contributed by atoms with van der Waals surface area (Å²) in [6.45, 7) is 4.43. The van der Waals surface area contributed by atoms with Crippen LogP contribution in [0, 0.1) is 25.2 Å². The summed E-state index contributed by atoms with van der Waals surface area (Å²) >= 11 is 3.39. The van der Waals surface area contributed by atoms with Crippen molar-refractivity contribution in [1.29, 1.82) is 5.26 Å². The third-order valence-electron chi connectivity index (χ3n) is 4.95. The minimum atomic E-state index is 0.344. The number of aromatic amines is 1. The van der Waals surface area contributed by atoms with Crippen molar-refractivity contribution in [3.63, 3.8) is 0 Å². The van der Waals surface area contributed by atoms with Gasteiger partial charge in [-0.25, -0.2) is 4.98 Å². The number of benzene rings is 3. The van der Waals surface area contributed by atoms with Crippen LogP contribution in [0.3, 0.4) is 0 Å². The Morgan fingerprint density at radius 1 is 1.00 bits per heavy atom. The first-order chi connectivity index (χ1) is 14.5. The smallest absolute Gasteiger partial charge is 0.138 e. The number of imidazole rings is 1. The first-order valence-electron chi connectivity index (χ1n) is 9.58. The van der Waals surface area contributed by atoms with Crippen molar-refractivity contribution in [3.05, 3.63) is 93.6 Å². The number of aromatic nitrogens is 2. The Labute approximate surface area is 184 Å². The number of nitrogens with one attached hydrogen (secondary N) is 1. The van der Waals surface area contributed by atoms with E-state index in [0.717, 1.165) is 44.0 Å². The number of aryl methyl sites for hydroxylation is 2. The maximum Gasteiger partial charge on any atom is 0.138 e. The van der Waals surface area contributed by atoms with Crippen LogP contribution < -0.4 is 4.74 Å². The lowest BCUT2D eigenvalue weighted by molar-refractivity contribution is 0.304. The van der Waals surface area contributed by atoms with Gasteiger partial charge in [-0.1, -0.05) is 51.8 Å². The second-order valence-corrected chi connectivity index (χ2v) is 8.10. The first-order valence-corrected chi connectivity index (χ1v) is 10.4. The van der Waals surface area contributed by atoms with Crippen LogP contribution in [-0.2, 0) is 6.61 Å². The van der Waals surface area contributed by atoms with E-state index in [1.807, 2.05) is 37.4 Å². The molecule has 30 heavy (non-hydrogen) atoms. The number of H-pyrrole nitrogens is 1. The molecule has 1 N–H and O–H groups in total. The Balaban J connectivity index is 1.51. The van der Waals surface area contributed by atoms with Crippen LogP contribution >= 0.6 is 15.9 Å². The molecule has 0 aliphatic rings. The quantitative estimate of drug-likeness (QED) is 0.368. The molecule has 0 aliphatic carbocycles. The van der Waals surface area contributed by atoms with Crippen LogP contribution in [0.1, 0.15) is 22.3 Å². The lowest BCUT2D eigenvalue weighted by atomic mass is 10.1. The first kappa shape index (κ1) is 19.9. The number of nitriles is 1. The zero-order chi connectivity index (χ0) is 21.1. The maximum atomic E-state index is 9.32. The molecular weight excluding hydrogens is 438 g/mol. The highest BCUT2D eigenvalue weighted by Crippen LogP contribution is 2.28. The van der Waals surface area contributed by atoms with Gasteiger partial charge in [-0.15, -0.1) is 0 Å². The highest BCUT2D eigenvalue weighted by Gasteiger charge is 2.10. The second kappa shape index (κ2) is 8.56. The fraction of sp³-hybridized carbons (Fsp3) is 0.120. The van der Waals surface area contributed by atoms with Crippen LogP contribution in [0.15, 0.2) is 71.3 Å². The molecule has 0 saturated heterocycles. The van der Waals surface area contributed by atoms with E-state index in [1.165, 1.54) is 5.56 Å². The molecule has 0 radical (unpaired) electrons. The normalized spacial score (nSPS) is 10.6. The van der Waals surface area contributed by atoms with Gasteiger partial charge in [0.15, 0.2) is 0 Å². The molecule has 4 aromatic rings. The minimum absolute atomic E-state index is 0.344. The van der Waals surface area contributed by atoms with E-state index in [1.54, 1.807) is 6.07 Å². The fourth-order valence-electron chi connectivity index (χ4n) is 3.23. The Bertz CT molecular complexity index is 1240. The molecule has 1 aromatic heterocycles. The third-order valence-corrected chi connectivity index (χ3v) is 5.44. The van der Waals surface area contributed by atoms with Gasteiger partial charge < -0.3 is 9.72 Å². The van der Waals surface area contributed by atoms with E-state index in [4.69, 9.17) is 9.72 Å². The Kier molecular flexibility index (Phi) is 5.69. The molecule has 0 spiro atoms. The van der Waals surface area contributed by atoms with Crippen LogP contribution in [0.4, 0.5) is 0 Å². The molecule has 1 heterocycles. The molecule has 0 saturated carbocycles. The Hall–Kier alpha value is -3.36. The summed E-state index contributed by atoms with van der Waals surface area (Å²) in [5.74, 6) is 1.64. The summed E-state index contributed by atoms with van der Waals surface area (Å²) in [4.78, 5) is 8.00. The predicted octanol–water partition coefficient (Wildman–Crippen LogP) is 6.57. The van der Waals surface area contributed by atoms with E-state index in [0.29, 0.717) is 12.2 Å². The molecule has 0 atom stereocenters. The van der Waals surface area contributed by atoms with Crippen molar-refractivity contribution < 1.29 is 4.74 Å². The zero-order valence-corrected chi connectivity index (χ0v) is 18.3. The van der Waals surface area contributed by atoms with Gasteiger partial charge >= 0.3 is 0 Å². The maximum absolute atomic E-state index is 9.32. The summed E-state index contributed by atoms with van der Waals surface area (Å²) in [5, 5.41) is 9.32. The average molecular weight is 458 g/mol. The Morgan fingerprint density at radius 3 is 2.50 bits per heavy atom. The molecule has 148 valence electrons. The third kappa shape index (κ3) is 4.29. The van der Waals surface area contributed by atoms with Crippen molar-refractivity contribution in [2.24, 2.45) is 0 Å². The van der Waals surface area contributed by atoms with E-state index >= 15 is 0 Å². The molecule has 4 nitrogen and oxygen atoms in total. The van der Waals surface area contributed by atoms with E-state index in [2.05, 4.69) is 64.2 Å². The summed E-state index contributed by atoms with van der Waals surface area (Å²) in [7, 11) is 0. The fourth-order valence-corrected chi connectivity index (χ4v) is 3.59. The number of hydrogen-bond donors (Lipinski definition) is 1. The molecular formula is C25H20BrN3O. The van der Waals surface area contributed by atoms with E-state index in [-0.39, 0.29) is 0 Å². The summed E-state index contributed by atoms with van der Waals surface area (Å²) in [5.41, 5.74) is 6.69. The number of halogens is 1. The molecule has 0 amide bonds. The predicted molar refractivity (Wildman–Crippen MR) is 122 cm³/mol. The van der Waals surface area contributed by atoms with Gasteiger partial charge in [-0.2, -0.15) is 5.26 Å². The lowest BCUT2D eigenvalue weighted by Crippen LogP contribution is -1.99. The molecule has 4 rings (SSSR count). The summed E-state index contributed by atoms with van der Waals surface area (Å²) < 4.78 is 6.87. The number of rotatable bonds is 5. The van der Waals surface area contributed by atoms with Crippen molar-refractivity contribution in [3.8, 4) is 34.5 Å². The minimum Gasteiger partial charge on any atom is -0.489 e. The van der Waals surface area contributed by atoms with Crippen LogP contribution in [0.25, 0.3) is 22.6 Å². The highest BCUT2D eigenvalue weighted by molar-refractivity contribution is 9.10. The molecule has 0 aliphatic heterocycles. The van der Waals surface area contributed by atoms with Crippen molar-refractivity contribution >= 4 is 15.9 Å². The number of ether oxygens (including phenoxy) is 1. The SMILES string of the molecule is Cc1ccc(-c2nc(-c3ccc(OCc4ccc(Br)cc4C#N)c(C)c3)c[nH]2)cc1. The van der Waals surface area contributed by atoms with Gasteiger partial charge in [-0.05, 0) is 49.7 Å². The number of hydrogen-bond acceptors (Lipinski definition) is 3. The van der Waals surface area contributed by atoms with E-state index in [9.17, 15) is 5.26 Å². The van der Waals surface area contributed by atoms with Gasteiger partial charge in [0.25, 0.3) is 0 Å². The van der Waals surface area contributed by atoms with Crippen LogP contribution in [0.2, 0.25) is 0 Å². The van der Waals surface area contributed by atoms with Gasteiger partial charge in [0.05, 0.1) is 17.3 Å². The topological polar surface area (TPSA) is 61.7 Å². The van der Waals surface area contributed by atoms with Crippen molar-refractivity contribution in [2.45, 2.75) is 20.5 Å². The van der Waals surface area contributed by atoms with Gasteiger partial charge in [-0.3, -0.25) is 0 Å². The van der Waals surface area contributed by atoms with Crippen molar-refractivity contribution in [1.82, 2.24) is 9.97 Å². The number of nitrogens with zero attached hydrogens (tertiary/aromatic N) is 2. The second-order valence-electron chi connectivity index (χ2n) is 7.18. The molecule has 0 unspecified atom stereocenters. The lowest BCUT2D eigenvalue weighted by Gasteiger charge is -2.11. The largest absolute Gasteiger partial charge is 0.489 e. The standard InChI is InChI=1S/C25H20BrN3O/c1-16-3-5-18(6-4-16)25-28-14-23(29-25)19-8-10-24(17(2)11-19)30-15-20-7-9-22(26)12-21(20)13-27/h3-12,14H,15H2,1-2H3,(H,28,29). The van der Waals surface area contributed by atoms with E-state index < -0.39 is 0 Å². The highest BCUT2D eigenvalue weighted by atomic mass is 79.9. The molecule has 0 fully saturated rings. The molecule has 5 heteroatoms.